The highest BCUT2D eigenvalue weighted by molar-refractivity contribution is 7.09. The zero-order valence-corrected chi connectivity index (χ0v) is 18.6. The normalized spacial score (nSPS) is 12.9. The monoisotopic (exact) mass is 453 g/mol. The summed E-state index contributed by atoms with van der Waals surface area (Å²) < 4.78 is 48.0. The van der Waals surface area contributed by atoms with Crippen LogP contribution in [-0.4, -0.2) is 29.7 Å². The number of ether oxygens (including phenoxy) is 2. The van der Waals surface area contributed by atoms with Gasteiger partial charge in [0.15, 0.2) is 11.9 Å². The highest BCUT2D eigenvalue weighted by Gasteiger charge is 2.24. The number of carbonyl (C=O) groups is 1. The number of benzene rings is 1. The smallest absolute Gasteiger partial charge is 0.392 e. The van der Waals surface area contributed by atoms with Crippen LogP contribution in [0.5, 0.6) is 11.5 Å². The summed E-state index contributed by atoms with van der Waals surface area (Å²) in [5.74, 6) is 1.26. The molecular formula is C23H26F3NO3S. The van der Waals surface area contributed by atoms with E-state index in [1.54, 1.807) is 38.1 Å². The molecule has 8 heteroatoms. The molecule has 0 amide bonds. The second-order valence-corrected chi connectivity index (χ2v) is 8.27. The summed E-state index contributed by atoms with van der Waals surface area (Å²) in [6.07, 6.45) is 1.19. The van der Waals surface area contributed by atoms with Crippen LogP contribution in [0.1, 0.15) is 44.3 Å². The lowest BCUT2D eigenvalue weighted by atomic mass is 10.1. The fraction of sp³-hybridized carbons (Fsp3) is 0.391. The van der Waals surface area contributed by atoms with Crippen LogP contribution in [0, 0.1) is 0 Å². The molecule has 0 aliphatic rings. The Hall–Kier alpha value is -2.61. The quantitative estimate of drug-likeness (QED) is 0.291. The van der Waals surface area contributed by atoms with Crippen LogP contribution in [0.2, 0.25) is 0 Å². The number of aldehydes is 1. The first-order valence-electron chi connectivity index (χ1n) is 9.82. The van der Waals surface area contributed by atoms with E-state index >= 15 is 0 Å². The van der Waals surface area contributed by atoms with Gasteiger partial charge in [-0.05, 0) is 57.0 Å². The molecule has 2 aromatic rings. The van der Waals surface area contributed by atoms with Crippen molar-refractivity contribution in [2.45, 2.75) is 51.8 Å². The first-order valence-corrected chi connectivity index (χ1v) is 10.7. The zero-order valence-electron chi connectivity index (χ0n) is 17.7. The second kappa shape index (κ2) is 11.1. The minimum Gasteiger partial charge on any atom is -0.493 e. The van der Waals surface area contributed by atoms with E-state index in [-0.39, 0.29) is 0 Å². The van der Waals surface area contributed by atoms with Gasteiger partial charge in [0.1, 0.15) is 11.5 Å². The van der Waals surface area contributed by atoms with Gasteiger partial charge in [0.05, 0.1) is 23.7 Å². The Bertz CT molecular complexity index is 900. The van der Waals surface area contributed by atoms with E-state index in [0.717, 1.165) is 28.6 Å². The Balaban J connectivity index is 1.83. The molecule has 0 spiro atoms. The molecule has 0 unspecified atom stereocenters. The van der Waals surface area contributed by atoms with Gasteiger partial charge in [-0.2, -0.15) is 13.2 Å². The van der Waals surface area contributed by atoms with Gasteiger partial charge in [-0.15, -0.1) is 11.3 Å². The summed E-state index contributed by atoms with van der Waals surface area (Å²) >= 11 is 1.49. The SMILES string of the molecule is C/C=C(\C/C=C\CC(F)(F)F)c1csc(CCOc2ccc(OC(C)(C)C=O)cc2)n1. The second-order valence-electron chi connectivity index (χ2n) is 7.33. The molecule has 31 heavy (non-hydrogen) atoms. The molecule has 1 aromatic heterocycles. The number of hydrogen-bond donors (Lipinski definition) is 0. The maximum absolute atomic E-state index is 12.2. The van der Waals surface area contributed by atoms with Crippen molar-refractivity contribution in [2.24, 2.45) is 0 Å². The molecular weight excluding hydrogens is 427 g/mol. The molecule has 0 atom stereocenters. The van der Waals surface area contributed by atoms with Crippen LogP contribution in [-0.2, 0) is 11.2 Å². The van der Waals surface area contributed by atoms with Crippen molar-refractivity contribution in [1.82, 2.24) is 4.98 Å². The summed E-state index contributed by atoms with van der Waals surface area (Å²) in [6, 6.07) is 7.03. The van der Waals surface area contributed by atoms with Crippen molar-refractivity contribution < 1.29 is 27.4 Å². The van der Waals surface area contributed by atoms with Crippen molar-refractivity contribution in [3.8, 4) is 11.5 Å². The lowest BCUT2D eigenvalue weighted by Crippen LogP contribution is -2.29. The van der Waals surface area contributed by atoms with Crippen molar-refractivity contribution in [3.05, 3.63) is 58.6 Å². The fourth-order valence-corrected chi connectivity index (χ4v) is 3.36. The van der Waals surface area contributed by atoms with Gasteiger partial charge in [0.2, 0.25) is 0 Å². The summed E-state index contributed by atoms with van der Waals surface area (Å²) in [5, 5.41) is 2.80. The van der Waals surface area contributed by atoms with Crippen molar-refractivity contribution in [1.29, 1.82) is 0 Å². The lowest BCUT2D eigenvalue weighted by molar-refractivity contribution is -0.125. The van der Waals surface area contributed by atoms with Gasteiger partial charge in [0, 0.05) is 11.8 Å². The number of nitrogens with zero attached hydrogens (tertiary/aromatic N) is 1. The Kier molecular flexibility index (Phi) is 8.86. The molecule has 0 N–H and O–H groups in total. The number of aromatic nitrogens is 1. The van der Waals surface area contributed by atoms with E-state index in [4.69, 9.17) is 9.47 Å². The van der Waals surface area contributed by atoms with Gasteiger partial charge in [-0.25, -0.2) is 4.98 Å². The molecule has 0 fully saturated rings. The van der Waals surface area contributed by atoms with Crippen LogP contribution >= 0.6 is 11.3 Å². The molecule has 4 nitrogen and oxygen atoms in total. The summed E-state index contributed by atoms with van der Waals surface area (Å²) in [7, 11) is 0. The van der Waals surface area contributed by atoms with Crippen molar-refractivity contribution in [2.75, 3.05) is 6.61 Å². The van der Waals surface area contributed by atoms with E-state index in [0.29, 0.717) is 30.9 Å². The number of alkyl halides is 3. The first-order chi connectivity index (χ1) is 14.6. The Morgan fingerprint density at radius 2 is 1.81 bits per heavy atom. The van der Waals surface area contributed by atoms with Crippen molar-refractivity contribution >= 4 is 23.2 Å². The number of allylic oxidation sites excluding steroid dienone is 4. The van der Waals surface area contributed by atoms with E-state index in [1.165, 1.54) is 17.4 Å². The van der Waals surface area contributed by atoms with Gasteiger partial charge < -0.3 is 9.47 Å². The molecule has 2 rings (SSSR count). The van der Waals surface area contributed by atoms with Crippen LogP contribution in [0.15, 0.2) is 47.9 Å². The fourth-order valence-electron chi connectivity index (χ4n) is 2.56. The molecule has 1 aromatic carbocycles. The van der Waals surface area contributed by atoms with Crippen LogP contribution in [0.4, 0.5) is 13.2 Å². The molecule has 0 radical (unpaired) electrons. The third kappa shape index (κ3) is 8.96. The molecule has 1 heterocycles. The van der Waals surface area contributed by atoms with E-state index < -0.39 is 18.2 Å². The van der Waals surface area contributed by atoms with Gasteiger partial charge in [-0.3, -0.25) is 4.79 Å². The summed E-state index contributed by atoms with van der Waals surface area (Å²) in [6.45, 7) is 5.65. The lowest BCUT2D eigenvalue weighted by Gasteiger charge is -2.19. The first kappa shape index (κ1) is 24.7. The summed E-state index contributed by atoms with van der Waals surface area (Å²) in [5.41, 5.74) is 0.777. The number of carbonyl (C=O) groups excluding carboxylic acids is 1. The minimum absolute atomic E-state index is 0.404. The largest absolute Gasteiger partial charge is 0.493 e. The number of thiazole rings is 1. The molecule has 168 valence electrons. The van der Waals surface area contributed by atoms with Gasteiger partial charge in [-0.1, -0.05) is 18.2 Å². The maximum atomic E-state index is 12.2. The third-order valence-electron chi connectivity index (χ3n) is 4.16. The highest BCUT2D eigenvalue weighted by atomic mass is 32.1. The van der Waals surface area contributed by atoms with Gasteiger partial charge >= 0.3 is 6.18 Å². The standard InChI is InChI=1S/C23H26F3NO3S/c1-4-17(7-5-6-13-23(24,25)26)20-15-31-21(27-20)12-14-29-18-8-10-19(11-9-18)30-22(2,3)16-28/h4-6,8-11,15-16H,7,12-14H2,1-3H3/b6-5-,17-4+. The number of rotatable bonds is 11. The van der Waals surface area contributed by atoms with E-state index in [9.17, 15) is 18.0 Å². The average molecular weight is 454 g/mol. The van der Waals surface area contributed by atoms with Gasteiger partial charge in [0.25, 0.3) is 0 Å². The molecule has 0 aliphatic heterocycles. The number of hydrogen-bond acceptors (Lipinski definition) is 5. The maximum Gasteiger partial charge on any atom is 0.392 e. The van der Waals surface area contributed by atoms with E-state index in [2.05, 4.69) is 4.98 Å². The third-order valence-corrected chi connectivity index (χ3v) is 5.06. The van der Waals surface area contributed by atoms with E-state index in [1.807, 2.05) is 18.4 Å². The Morgan fingerprint density at radius 3 is 2.42 bits per heavy atom. The molecule has 0 bridgehead atoms. The van der Waals surface area contributed by atoms with Crippen LogP contribution in [0.3, 0.4) is 0 Å². The van der Waals surface area contributed by atoms with Crippen LogP contribution < -0.4 is 9.47 Å². The van der Waals surface area contributed by atoms with Crippen LogP contribution in [0.25, 0.3) is 5.57 Å². The molecule has 0 aliphatic carbocycles. The predicted octanol–water partition coefficient (Wildman–Crippen LogP) is 6.42. The zero-order chi connectivity index (χ0) is 22.9. The Labute approximate surface area is 184 Å². The topological polar surface area (TPSA) is 48.4 Å². The number of halogens is 3. The minimum atomic E-state index is -4.18. The molecule has 0 saturated heterocycles. The highest BCUT2D eigenvalue weighted by Crippen LogP contribution is 2.24. The Morgan fingerprint density at radius 1 is 1.13 bits per heavy atom. The van der Waals surface area contributed by atoms with Crippen molar-refractivity contribution in [3.63, 3.8) is 0 Å². The molecule has 0 saturated carbocycles. The predicted molar refractivity (Wildman–Crippen MR) is 117 cm³/mol. The summed E-state index contributed by atoms with van der Waals surface area (Å²) in [4.78, 5) is 15.5. The average Bonchev–Trinajstić information content (AvgIpc) is 3.17.